The average molecular weight is 319 g/mol. The first kappa shape index (κ1) is 14.3. The van der Waals surface area contributed by atoms with Crippen LogP contribution in [0.5, 0.6) is 0 Å². The molecule has 0 radical (unpaired) electrons. The van der Waals surface area contributed by atoms with E-state index in [1.165, 1.54) is 41.0 Å². The largest absolute Gasteiger partial charge is 0.328 e. The van der Waals surface area contributed by atoms with Crippen molar-refractivity contribution in [1.29, 1.82) is 0 Å². The van der Waals surface area contributed by atoms with Crippen molar-refractivity contribution >= 4 is 33.0 Å². The van der Waals surface area contributed by atoms with Crippen LogP contribution in [0.1, 0.15) is 4.88 Å². The predicted molar refractivity (Wildman–Crippen MR) is 75.0 cm³/mol. The van der Waals surface area contributed by atoms with Gasteiger partial charge in [0, 0.05) is 30.7 Å². The van der Waals surface area contributed by atoms with Crippen LogP contribution in [0.2, 0.25) is 4.34 Å². The van der Waals surface area contributed by atoms with E-state index in [2.05, 4.69) is 4.98 Å². The van der Waals surface area contributed by atoms with Crippen LogP contribution < -0.4 is 5.56 Å². The van der Waals surface area contributed by atoms with E-state index in [-0.39, 0.29) is 17.0 Å². The van der Waals surface area contributed by atoms with E-state index < -0.39 is 10.0 Å². The van der Waals surface area contributed by atoms with Crippen molar-refractivity contribution in [3.05, 3.63) is 50.0 Å². The number of hydrogen-bond acceptors (Lipinski definition) is 4. The highest BCUT2D eigenvalue weighted by molar-refractivity contribution is 7.89. The summed E-state index contributed by atoms with van der Waals surface area (Å²) in [4.78, 5) is 14.2. The lowest BCUT2D eigenvalue weighted by molar-refractivity contribution is 0.469. The summed E-state index contributed by atoms with van der Waals surface area (Å²) < 4.78 is 26.3. The first-order chi connectivity index (χ1) is 8.89. The summed E-state index contributed by atoms with van der Waals surface area (Å²) >= 11 is 7.13. The number of thiophene rings is 1. The molecule has 0 aliphatic rings. The maximum atomic E-state index is 12.2. The zero-order chi connectivity index (χ0) is 14.0. The van der Waals surface area contributed by atoms with Gasteiger partial charge in [0.1, 0.15) is 0 Å². The van der Waals surface area contributed by atoms with Crippen LogP contribution in [-0.4, -0.2) is 24.8 Å². The van der Waals surface area contributed by atoms with Crippen molar-refractivity contribution in [2.24, 2.45) is 0 Å². The summed E-state index contributed by atoms with van der Waals surface area (Å²) in [6.45, 7) is 0.235. The van der Waals surface area contributed by atoms with Crippen LogP contribution in [0, 0.1) is 0 Å². The lowest BCUT2D eigenvalue weighted by Gasteiger charge is -2.15. The van der Waals surface area contributed by atoms with E-state index in [1.54, 1.807) is 12.1 Å². The van der Waals surface area contributed by atoms with E-state index in [0.29, 0.717) is 4.34 Å². The summed E-state index contributed by atoms with van der Waals surface area (Å²) in [5.74, 6) is 0. The Bertz CT molecular complexity index is 716. The van der Waals surface area contributed by atoms with Gasteiger partial charge in [0.05, 0.1) is 9.23 Å². The second-order valence-electron chi connectivity index (χ2n) is 3.86. The molecule has 2 aromatic heterocycles. The molecule has 0 amide bonds. The molecule has 5 nitrogen and oxygen atoms in total. The SMILES string of the molecule is CN(Cc1ccc(Cl)s1)S(=O)(=O)c1ccc(=O)[nH]c1. The highest BCUT2D eigenvalue weighted by Crippen LogP contribution is 2.24. The van der Waals surface area contributed by atoms with Gasteiger partial charge in [0.25, 0.3) is 0 Å². The van der Waals surface area contributed by atoms with Crippen molar-refractivity contribution in [2.45, 2.75) is 11.4 Å². The Morgan fingerprint density at radius 2 is 2.05 bits per heavy atom. The number of pyridine rings is 1. The van der Waals surface area contributed by atoms with Gasteiger partial charge >= 0.3 is 0 Å². The van der Waals surface area contributed by atoms with E-state index in [4.69, 9.17) is 11.6 Å². The first-order valence-corrected chi connectivity index (χ1v) is 7.92. The first-order valence-electron chi connectivity index (χ1n) is 5.29. The molecule has 0 saturated carbocycles. The van der Waals surface area contributed by atoms with E-state index >= 15 is 0 Å². The lowest BCUT2D eigenvalue weighted by atomic mass is 10.5. The minimum Gasteiger partial charge on any atom is -0.328 e. The number of nitrogens with zero attached hydrogens (tertiary/aromatic N) is 1. The molecule has 0 atom stereocenters. The molecular formula is C11H11ClN2O3S2. The summed E-state index contributed by atoms with van der Waals surface area (Å²) in [7, 11) is -2.14. The molecule has 102 valence electrons. The van der Waals surface area contributed by atoms with E-state index in [1.807, 2.05) is 0 Å². The van der Waals surface area contributed by atoms with Gasteiger partial charge in [-0.2, -0.15) is 4.31 Å². The highest BCUT2D eigenvalue weighted by Gasteiger charge is 2.21. The molecule has 0 aliphatic carbocycles. The van der Waals surface area contributed by atoms with E-state index in [9.17, 15) is 13.2 Å². The van der Waals surface area contributed by atoms with Gasteiger partial charge in [-0.25, -0.2) is 8.42 Å². The van der Waals surface area contributed by atoms with Gasteiger partial charge in [-0.15, -0.1) is 11.3 Å². The Labute approximate surface area is 119 Å². The Morgan fingerprint density at radius 3 is 2.58 bits per heavy atom. The molecule has 2 heterocycles. The Morgan fingerprint density at radius 1 is 1.32 bits per heavy atom. The summed E-state index contributed by atoms with van der Waals surface area (Å²) in [5.41, 5.74) is -0.341. The average Bonchev–Trinajstić information content (AvgIpc) is 2.75. The molecule has 0 spiro atoms. The van der Waals surface area contributed by atoms with Crippen molar-refractivity contribution in [3.8, 4) is 0 Å². The fraction of sp³-hybridized carbons (Fsp3) is 0.182. The number of halogens is 1. The van der Waals surface area contributed by atoms with Gasteiger partial charge < -0.3 is 4.98 Å². The number of H-pyrrole nitrogens is 1. The number of aromatic amines is 1. The van der Waals surface area contributed by atoms with Crippen LogP contribution in [0.4, 0.5) is 0 Å². The Kier molecular flexibility index (Phi) is 4.10. The topological polar surface area (TPSA) is 70.2 Å². The van der Waals surface area contributed by atoms with Gasteiger partial charge in [0.15, 0.2) is 0 Å². The third kappa shape index (κ3) is 3.24. The third-order valence-electron chi connectivity index (χ3n) is 2.47. The van der Waals surface area contributed by atoms with Crippen molar-refractivity contribution < 1.29 is 8.42 Å². The van der Waals surface area contributed by atoms with Gasteiger partial charge in [-0.3, -0.25) is 4.79 Å². The monoisotopic (exact) mass is 318 g/mol. The molecule has 0 bridgehead atoms. The lowest BCUT2D eigenvalue weighted by Crippen LogP contribution is -2.26. The van der Waals surface area contributed by atoms with Crippen LogP contribution in [0.3, 0.4) is 0 Å². The highest BCUT2D eigenvalue weighted by atomic mass is 35.5. The molecular weight excluding hydrogens is 308 g/mol. The van der Waals surface area contributed by atoms with Crippen molar-refractivity contribution in [2.75, 3.05) is 7.05 Å². The number of rotatable bonds is 4. The maximum absolute atomic E-state index is 12.2. The van der Waals surface area contributed by atoms with Crippen molar-refractivity contribution in [3.63, 3.8) is 0 Å². The molecule has 2 rings (SSSR count). The number of hydrogen-bond donors (Lipinski definition) is 1. The Balaban J connectivity index is 2.24. The Hall–Kier alpha value is -1.15. The van der Waals surface area contributed by atoms with Crippen LogP contribution >= 0.6 is 22.9 Å². The van der Waals surface area contributed by atoms with Crippen LogP contribution in [-0.2, 0) is 16.6 Å². The summed E-state index contributed by atoms with van der Waals surface area (Å²) in [6, 6.07) is 5.97. The smallest absolute Gasteiger partial charge is 0.247 e. The summed E-state index contributed by atoms with van der Waals surface area (Å²) in [5, 5.41) is 0. The molecule has 1 N–H and O–H groups in total. The van der Waals surface area contributed by atoms with Crippen LogP contribution in [0.25, 0.3) is 0 Å². The van der Waals surface area contributed by atoms with Gasteiger partial charge in [0.2, 0.25) is 15.6 Å². The third-order valence-corrected chi connectivity index (χ3v) is 5.49. The standard InChI is InChI=1S/C11H11ClN2O3S2/c1-14(7-8-2-4-10(12)18-8)19(16,17)9-3-5-11(15)13-6-9/h2-6H,7H2,1H3,(H,13,15). The maximum Gasteiger partial charge on any atom is 0.247 e. The van der Waals surface area contributed by atoms with Crippen LogP contribution in [0.15, 0.2) is 40.2 Å². The number of aromatic nitrogens is 1. The molecule has 19 heavy (non-hydrogen) atoms. The molecule has 8 heteroatoms. The van der Waals surface area contributed by atoms with Gasteiger partial charge in [-0.1, -0.05) is 11.6 Å². The fourth-order valence-electron chi connectivity index (χ4n) is 1.48. The fourth-order valence-corrected chi connectivity index (χ4v) is 3.82. The molecule has 2 aromatic rings. The number of sulfonamides is 1. The number of nitrogens with one attached hydrogen (secondary N) is 1. The van der Waals surface area contributed by atoms with E-state index in [0.717, 1.165) is 4.88 Å². The second kappa shape index (κ2) is 5.46. The molecule has 0 unspecified atom stereocenters. The molecule has 0 aliphatic heterocycles. The predicted octanol–water partition coefficient (Wildman–Crippen LogP) is 1.91. The zero-order valence-corrected chi connectivity index (χ0v) is 12.3. The normalized spacial score (nSPS) is 11.9. The van der Waals surface area contributed by atoms with Gasteiger partial charge in [-0.05, 0) is 18.2 Å². The van der Waals surface area contributed by atoms with Crippen molar-refractivity contribution in [1.82, 2.24) is 9.29 Å². The second-order valence-corrected chi connectivity index (χ2v) is 7.70. The molecule has 0 fully saturated rings. The zero-order valence-electron chi connectivity index (χ0n) is 9.96. The minimum absolute atomic E-state index is 0.0530. The minimum atomic E-state index is -3.62. The summed E-state index contributed by atoms with van der Waals surface area (Å²) in [6.07, 6.45) is 1.19. The molecule has 0 aromatic carbocycles. The molecule has 0 saturated heterocycles. The quantitative estimate of drug-likeness (QED) is 0.936.